The van der Waals surface area contributed by atoms with Crippen LogP contribution in [-0.2, 0) is 4.79 Å². The lowest BCUT2D eigenvalue weighted by Gasteiger charge is -2.10. The minimum atomic E-state index is -0.292. The fraction of sp³-hybridized carbons (Fsp3) is 0.222. The van der Waals surface area contributed by atoms with Crippen LogP contribution in [0.4, 0.5) is 4.39 Å². The normalized spacial score (nSPS) is 12.2. The van der Waals surface area contributed by atoms with E-state index in [4.69, 9.17) is 0 Å². The van der Waals surface area contributed by atoms with Gasteiger partial charge in [-0.3, -0.25) is 4.79 Å². The maximum Gasteiger partial charge on any atom is 0.207 e. The third-order valence-electron chi connectivity index (χ3n) is 1.69. The summed E-state index contributed by atoms with van der Waals surface area (Å²) in [6.07, 6.45) is 0.567. The third kappa shape index (κ3) is 1.81. The van der Waals surface area contributed by atoms with Crippen LogP contribution in [0.3, 0.4) is 0 Å². The summed E-state index contributed by atoms with van der Waals surface area (Å²) in [4.78, 5) is 10.1. The summed E-state index contributed by atoms with van der Waals surface area (Å²) in [6, 6.07) is 6.10. The zero-order valence-electron chi connectivity index (χ0n) is 6.75. The molecule has 0 unspecified atom stereocenters. The van der Waals surface area contributed by atoms with Crippen LogP contribution >= 0.6 is 0 Å². The van der Waals surface area contributed by atoms with Crippen LogP contribution in [0.15, 0.2) is 24.3 Å². The monoisotopic (exact) mass is 167 g/mol. The van der Waals surface area contributed by atoms with Crippen LogP contribution in [0, 0.1) is 5.82 Å². The van der Waals surface area contributed by atoms with Crippen molar-refractivity contribution in [1.29, 1.82) is 0 Å². The summed E-state index contributed by atoms with van der Waals surface area (Å²) in [6.45, 7) is 1.73. The van der Waals surface area contributed by atoms with Crippen molar-refractivity contribution in [2.45, 2.75) is 13.0 Å². The van der Waals surface area contributed by atoms with Gasteiger partial charge in [-0.15, -0.1) is 0 Å². The smallest absolute Gasteiger partial charge is 0.207 e. The molecule has 0 heterocycles. The van der Waals surface area contributed by atoms with Gasteiger partial charge in [0.15, 0.2) is 0 Å². The van der Waals surface area contributed by atoms with E-state index in [1.54, 1.807) is 25.1 Å². The standard InChI is InChI=1S/C9H10FNO/c1-7(11-6-12)8-4-2-3-5-9(8)10/h2-7H,1H3,(H,11,12)/t7-/m1/s1. The van der Waals surface area contributed by atoms with Gasteiger partial charge in [0.2, 0.25) is 6.41 Å². The highest BCUT2D eigenvalue weighted by molar-refractivity contribution is 5.47. The minimum absolute atomic E-state index is 0.274. The van der Waals surface area contributed by atoms with Gasteiger partial charge in [-0.1, -0.05) is 18.2 Å². The van der Waals surface area contributed by atoms with Gasteiger partial charge in [-0.05, 0) is 13.0 Å². The van der Waals surface area contributed by atoms with Gasteiger partial charge in [0, 0.05) is 5.56 Å². The topological polar surface area (TPSA) is 29.1 Å². The third-order valence-corrected chi connectivity index (χ3v) is 1.69. The molecule has 1 atom stereocenters. The maximum absolute atomic E-state index is 13.0. The van der Waals surface area contributed by atoms with Crippen molar-refractivity contribution in [2.24, 2.45) is 0 Å². The first-order valence-corrected chi connectivity index (χ1v) is 3.70. The molecule has 2 nitrogen and oxygen atoms in total. The van der Waals surface area contributed by atoms with E-state index in [2.05, 4.69) is 5.32 Å². The number of rotatable bonds is 3. The van der Waals surface area contributed by atoms with Crippen molar-refractivity contribution in [3.05, 3.63) is 35.6 Å². The van der Waals surface area contributed by atoms with Crippen molar-refractivity contribution >= 4 is 6.41 Å². The molecule has 3 heteroatoms. The molecule has 0 aliphatic carbocycles. The Bertz CT molecular complexity index is 275. The number of carbonyl (C=O) groups excluding carboxylic acids is 1. The zero-order valence-corrected chi connectivity index (χ0v) is 6.75. The first kappa shape index (κ1) is 8.71. The Balaban J connectivity index is 2.86. The predicted octanol–water partition coefficient (Wildman–Crippen LogP) is 1.63. The second kappa shape index (κ2) is 3.85. The Kier molecular flexibility index (Phi) is 2.80. The molecule has 0 aliphatic heterocycles. The van der Waals surface area contributed by atoms with E-state index in [1.807, 2.05) is 0 Å². The van der Waals surface area contributed by atoms with E-state index < -0.39 is 0 Å². The van der Waals surface area contributed by atoms with Crippen LogP contribution in [0.2, 0.25) is 0 Å². The molecule has 0 bridgehead atoms. The van der Waals surface area contributed by atoms with Gasteiger partial charge in [-0.25, -0.2) is 4.39 Å². The van der Waals surface area contributed by atoms with Gasteiger partial charge in [0.05, 0.1) is 6.04 Å². The molecular weight excluding hydrogens is 157 g/mol. The van der Waals surface area contributed by atoms with E-state index in [0.717, 1.165) is 0 Å². The van der Waals surface area contributed by atoms with E-state index in [0.29, 0.717) is 12.0 Å². The second-order valence-corrected chi connectivity index (χ2v) is 2.53. The average molecular weight is 167 g/mol. The largest absolute Gasteiger partial charge is 0.352 e. The average Bonchev–Trinajstić information content (AvgIpc) is 2.05. The molecule has 1 N–H and O–H groups in total. The van der Waals surface area contributed by atoms with Gasteiger partial charge >= 0.3 is 0 Å². The molecule has 1 rings (SSSR count). The van der Waals surface area contributed by atoms with Gasteiger partial charge in [0.1, 0.15) is 5.82 Å². The Hall–Kier alpha value is -1.38. The van der Waals surface area contributed by atoms with Crippen LogP contribution in [-0.4, -0.2) is 6.41 Å². The van der Waals surface area contributed by atoms with Crippen LogP contribution in [0.1, 0.15) is 18.5 Å². The van der Waals surface area contributed by atoms with Gasteiger partial charge in [-0.2, -0.15) is 0 Å². The van der Waals surface area contributed by atoms with Gasteiger partial charge in [0.25, 0.3) is 0 Å². The van der Waals surface area contributed by atoms with Crippen molar-refractivity contribution in [3.63, 3.8) is 0 Å². The van der Waals surface area contributed by atoms with Gasteiger partial charge < -0.3 is 5.32 Å². The fourth-order valence-electron chi connectivity index (χ4n) is 1.02. The summed E-state index contributed by atoms with van der Waals surface area (Å²) in [5, 5.41) is 2.48. The van der Waals surface area contributed by atoms with Crippen molar-refractivity contribution < 1.29 is 9.18 Å². The first-order chi connectivity index (χ1) is 5.75. The summed E-state index contributed by atoms with van der Waals surface area (Å²) in [5.41, 5.74) is 0.504. The first-order valence-electron chi connectivity index (χ1n) is 3.70. The summed E-state index contributed by atoms with van der Waals surface area (Å²) in [7, 11) is 0. The highest BCUT2D eigenvalue weighted by Crippen LogP contribution is 2.14. The minimum Gasteiger partial charge on any atom is -0.352 e. The Morgan fingerprint density at radius 2 is 2.17 bits per heavy atom. The molecule has 0 fully saturated rings. The highest BCUT2D eigenvalue weighted by atomic mass is 19.1. The van der Waals surface area contributed by atoms with E-state index >= 15 is 0 Å². The Labute approximate surface area is 70.4 Å². The van der Waals surface area contributed by atoms with Crippen molar-refractivity contribution in [3.8, 4) is 0 Å². The molecule has 1 amide bonds. The quantitative estimate of drug-likeness (QED) is 0.681. The molecule has 0 aliphatic rings. The molecule has 0 aromatic heterocycles. The number of nitrogens with one attached hydrogen (secondary N) is 1. The molecule has 12 heavy (non-hydrogen) atoms. The summed E-state index contributed by atoms with van der Waals surface area (Å²) >= 11 is 0. The number of hydrogen-bond acceptors (Lipinski definition) is 1. The zero-order chi connectivity index (χ0) is 8.97. The molecule has 0 saturated carbocycles. The maximum atomic E-state index is 13.0. The molecule has 0 saturated heterocycles. The van der Waals surface area contributed by atoms with E-state index in [9.17, 15) is 9.18 Å². The molecule has 0 spiro atoms. The SMILES string of the molecule is C[C@@H](NC=O)c1ccccc1F. The molecular formula is C9H10FNO. The Morgan fingerprint density at radius 3 is 2.75 bits per heavy atom. The lowest BCUT2D eigenvalue weighted by Crippen LogP contribution is -2.17. The van der Waals surface area contributed by atoms with E-state index in [1.165, 1.54) is 6.07 Å². The molecule has 1 aromatic carbocycles. The number of halogens is 1. The molecule has 64 valence electrons. The number of carbonyl (C=O) groups is 1. The number of hydrogen-bond donors (Lipinski definition) is 1. The highest BCUT2D eigenvalue weighted by Gasteiger charge is 2.07. The predicted molar refractivity (Wildman–Crippen MR) is 44.0 cm³/mol. The Morgan fingerprint density at radius 1 is 1.50 bits per heavy atom. The molecule has 0 radical (unpaired) electrons. The summed E-state index contributed by atoms with van der Waals surface area (Å²) < 4.78 is 13.0. The number of benzene rings is 1. The second-order valence-electron chi connectivity index (χ2n) is 2.53. The van der Waals surface area contributed by atoms with Crippen LogP contribution in [0.25, 0.3) is 0 Å². The van der Waals surface area contributed by atoms with Crippen molar-refractivity contribution in [2.75, 3.05) is 0 Å². The van der Waals surface area contributed by atoms with Crippen molar-refractivity contribution in [1.82, 2.24) is 5.32 Å². The lowest BCUT2D eigenvalue weighted by molar-refractivity contribution is -0.110. The number of amides is 1. The fourth-order valence-corrected chi connectivity index (χ4v) is 1.02. The van der Waals surface area contributed by atoms with Crippen LogP contribution < -0.4 is 5.32 Å². The van der Waals surface area contributed by atoms with E-state index in [-0.39, 0.29) is 11.9 Å². The lowest BCUT2D eigenvalue weighted by atomic mass is 10.1. The summed E-state index contributed by atoms with van der Waals surface area (Å²) in [5.74, 6) is -0.292. The molecule has 1 aromatic rings. The van der Waals surface area contributed by atoms with Crippen LogP contribution in [0.5, 0.6) is 0 Å².